The molecule has 21 heavy (non-hydrogen) atoms. The number of rotatable bonds is 7. The average molecular weight is 314 g/mol. The summed E-state index contributed by atoms with van der Waals surface area (Å²) < 4.78 is 0. The zero-order valence-corrected chi connectivity index (χ0v) is 11.9. The number of carboxylic acid groups (broad SMARTS) is 1. The van der Waals surface area contributed by atoms with E-state index in [-0.39, 0.29) is 19.4 Å². The lowest BCUT2D eigenvalue weighted by Gasteiger charge is -2.14. The van der Waals surface area contributed by atoms with Crippen molar-refractivity contribution in [3.8, 4) is 0 Å². The fourth-order valence-corrected chi connectivity index (χ4v) is 1.77. The van der Waals surface area contributed by atoms with Crippen LogP contribution in [0.5, 0.6) is 0 Å². The van der Waals surface area contributed by atoms with E-state index >= 15 is 0 Å². The summed E-state index contributed by atoms with van der Waals surface area (Å²) in [6.45, 7) is 0.160. The molecular weight excluding hydrogens is 298 g/mol. The molecule has 1 atom stereocenters. The first-order chi connectivity index (χ1) is 9.90. The summed E-state index contributed by atoms with van der Waals surface area (Å²) in [6, 6.07) is 5.12. The van der Waals surface area contributed by atoms with E-state index in [1.165, 1.54) is 0 Å². The van der Waals surface area contributed by atoms with Gasteiger partial charge in [0.1, 0.15) is 6.04 Å². The van der Waals surface area contributed by atoms with Crippen molar-refractivity contribution in [3.05, 3.63) is 34.9 Å². The van der Waals surface area contributed by atoms with Crippen LogP contribution < -0.4 is 16.4 Å². The highest BCUT2D eigenvalue weighted by molar-refractivity contribution is 6.31. The fourth-order valence-electron chi connectivity index (χ4n) is 1.57. The molecule has 0 aromatic heterocycles. The van der Waals surface area contributed by atoms with Crippen molar-refractivity contribution >= 4 is 29.5 Å². The van der Waals surface area contributed by atoms with Crippen molar-refractivity contribution in [2.45, 2.75) is 25.4 Å². The number of benzene rings is 1. The van der Waals surface area contributed by atoms with E-state index in [2.05, 4.69) is 10.6 Å². The second kappa shape index (κ2) is 8.11. The van der Waals surface area contributed by atoms with E-state index in [0.717, 1.165) is 0 Å². The maximum absolute atomic E-state index is 11.6. The summed E-state index contributed by atoms with van der Waals surface area (Å²) in [5.41, 5.74) is 5.65. The van der Waals surface area contributed by atoms with Gasteiger partial charge in [0, 0.05) is 18.0 Å². The van der Waals surface area contributed by atoms with Crippen LogP contribution in [-0.2, 0) is 16.1 Å². The Morgan fingerprint density at radius 3 is 2.52 bits per heavy atom. The Morgan fingerprint density at radius 1 is 1.29 bits per heavy atom. The first kappa shape index (κ1) is 16.8. The first-order valence-corrected chi connectivity index (χ1v) is 6.57. The van der Waals surface area contributed by atoms with Gasteiger partial charge in [0.15, 0.2) is 0 Å². The Hall–Kier alpha value is -2.28. The monoisotopic (exact) mass is 313 g/mol. The second-order valence-electron chi connectivity index (χ2n) is 4.31. The number of halogens is 1. The van der Waals surface area contributed by atoms with Crippen LogP contribution in [0.25, 0.3) is 0 Å². The highest BCUT2D eigenvalue weighted by Gasteiger charge is 2.20. The largest absolute Gasteiger partial charge is 0.480 e. The maximum atomic E-state index is 11.6. The van der Waals surface area contributed by atoms with Gasteiger partial charge in [0.2, 0.25) is 5.91 Å². The maximum Gasteiger partial charge on any atom is 0.326 e. The molecule has 0 unspecified atom stereocenters. The van der Waals surface area contributed by atoms with Gasteiger partial charge in [0.25, 0.3) is 0 Å². The smallest absolute Gasteiger partial charge is 0.326 e. The standard InChI is InChI=1S/C13H16ClN3O4/c14-9-4-2-1-3-8(9)7-16-13(21)17-10(12(19)20)5-6-11(15)18/h1-4,10H,5-7H2,(H2,15,18)(H,19,20)(H2,16,17,21)/t10-/m0/s1. The normalized spacial score (nSPS) is 11.5. The van der Waals surface area contributed by atoms with Crippen LogP contribution in [0, 0.1) is 0 Å². The number of carboxylic acids is 1. The van der Waals surface area contributed by atoms with Crippen molar-refractivity contribution in [2.24, 2.45) is 5.73 Å². The molecule has 7 nitrogen and oxygen atoms in total. The van der Waals surface area contributed by atoms with Gasteiger partial charge in [-0.1, -0.05) is 29.8 Å². The van der Waals surface area contributed by atoms with Crippen molar-refractivity contribution in [1.29, 1.82) is 0 Å². The van der Waals surface area contributed by atoms with Crippen molar-refractivity contribution in [2.75, 3.05) is 0 Å². The van der Waals surface area contributed by atoms with E-state index < -0.39 is 23.9 Å². The molecule has 0 aliphatic rings. The van der Waals surface area contributed by atoms with E-state index in [1.807, 2.05) is 0 Å². The van der Waals surface area contributed by atoms with Crippen LogP contribution in [0.3, 0.4) is 0 Å². The molecule has 0 fully saturated rings. The van der Waals surface area contributed by atoms with E-state index in [9.17, 15) is 14.4 Å². The number of primary amides is 1. The molecule has 0 aliphatic carbocycles. The minimum atomic E-state index is -1.23. The minimum Gasteiger partial charge on any atom is -0.480 e. The quantitative estimate of drug-likeness (QED) is 0.596. The van der Waals surface area contributed by atoms with Gasteiger partial charge < -0.3 is 21.5 Å². The third-order valence-electron chi connectivity index (χ3n) is 2.68. The minimum absolute atomic E-state index is 0.0653. The number of nitrogens with one attached hydrogen (secondary N) is 2. The van der Waals surface area contributed by atoms with Gasteiger partial charge in [-0.25, -0.2) is 9.59 Å². The summed E-state index contributed by atoms with van der Waals surface area (Å²) in [5, 5.41) is 14.2. The second-order valence-corrected chi connectivity index (χ2v) is 4.72. The third-order valence-corrected chi connectivity index (χ3v) is 3.05. The molecule has 5 N–H and O–H groups in total. The Kier molecular flexibility index (Phi) is 6.48. The van der Waals surface area contributed by atoms with Gasteiger partial charge in [-0.2, -0.15) is 0 Å². The van der Waals surface area contributed by atoms with Gasteiger partial charge in [-0.05, 0) is 18.1 Å². The number of urea groups is 1. The molecule has 0 spiro atoms. The Morgan fingerprint density at radius 2 is 1.95 bits per heavy atom. The summed E-state index contributed by atoms with van der Waals surface area (Å²) in [7, 11) is 0. The number of carbonyl (C=O) groups is 3. The van der Waals surface area contributed by atoms with Crippen LogP contribution in [0.1, 0.15) is 18.4 Å². The average Bonchev–Trinajstić information content (AvgIpc) is 2.42. The van der Waals surface area contributed by atoms with E-state index in [0.29, 0.717) is 10.6 Å². The van der Waals surface area contributed by atoms with Crippen LogP contribution in [-0.4, -0.2) is 29.1 Å². The molecule has 0 heterocycles. The lowest BCUT2D eigenvalue weighted by atomic mass is 10.1. The SMILES string of the molecule is NC(=O)CC[C@H](NC(=O)NCc1ccccc1Cl)C(=O)O. The number of nitrogens with two attached hydrogens (primary N) is 1. The van der Waals surface area contributed by atoms with Gasteiger partial charge >= 0.3 is 12.0 Å². The molecule has 1 aromatic carbocycles. The molecule has 1 aromatic rings. The third kappa shape index (κ3) is 6.13. The molecule has 3 amide bonds. The van der Waals surface area contributed by atoms with Crippen LogP contribution in [0.4, 0.5) is 4.79 Å². The zero-order chi connectivity index (χ0) is 15.8. The van der Waals surface area contributed by atoms with Crippen LogP contribution in [0.2, 0.25) is 5.02 Å². The van der Waals surface area contributed by atoms with Crippen LogP contribution >= 0.6 is 11.6 Å². The Bertz CT molecular complexity index is 536. The highest BCUT2D eigenvalue weighted by Crippen LogP contribution is 2.14. The Labute approximate surface area is 126 Å². The predicted molar refractivity (Wildman–Crippen MR) is 76.7 cm³/mol. The highest BCUT2D eigenvalue weighted by atomic mass is 35.5. The molecule has 114 valence electrons. The van der Waals surface area contributed by atoms with Crippen molar-refractivity contribution < 1.29 is 19.5 Å². The fraction of sp³-hybridized carbons (Fsp3) is 0.308. The zero-order valence-electron chi connectivity index (χ0n) is 11.1. The van der Waals surface area contributed by atoms with Crippen molar-refractivity contribution in [1.82, 2.24) is 10.6 Å². The number of amides is 3. The summed E-state index contributed by atoms with van der Waals surface area (Å²) >= 11 is 5.93. The number of hydrogen-bond donors (Lipinski definition) is 4. The number of hydrogen-bond acceptors (Lipinski definition) is 3. The molecule has 8 heteroatoms. The van der Waals surface area contributed by atoms with Gasteiger partial charge in [-0.3, -0.25) is 4.79 Å². The molecule has 1 rings (SSSR count). The first-order valence-electron chi connectivity index (χ1n) is 6.19. The van der Waals surface area contributed by atoms with Crippen LogP contribution in [0.15, 0.2) is 24.3 Å². The topological polar surface area (TPSA) is 122 Å². The molecule has 0 radical (unpaired) electrons. The number of carbonyl (C=O) groups excluding carboxylic acids is 2. The van der Waals surface area contributed by atoms with Crippen molar-refractivity contribution in [3.63, 3.8) is 0 Å². The van der Waals surface area contributed by atoms with Gasteiger partial charge in [0.05, 0.1) is 0 Å². The lowest BCUT2D eigenvalue weighted by Crippen LogP contribution is -2.46. The predicted octanol–water partition coefficient (Wildman–Crippen LogP) is 0.858. The number of aliphatic carboxylic acids is 1. The molecule has 0 saturated carbocycles. The molecular formula is C13H16ClN3O4. The lowest BCUT2D eigenvalue weighted by molar-refractivity contribution is -0.139. The molecule has 0 bridgehead atoms. The Balaban J connectivity index is 2.49. The summed E-state index contributed by atoms with van der Waals surface area (Å²) in [6.07, 6.45) is -0.189. The van der Waals surface area contributed by atoms with E-state index in [4.69, 9.17) is 22.4 Å². The molecule has 0 saturated heterocycles. The van der Waals surface area contributed by atoms with E-state index in [1.54, 1.807) is 24.3 Å². The summed E-state index contributed by atoms with van der Waals surface area (Å²) in [5.74, 6) is -1.86. The molecule has 0 aliphatic heterocycles. The summed E-state index contributed by atoms with van der Waals surface area (Å²) in [4.78, 5) is 33.2. The van der Waals surface area contributed by atoms with Gasteiger partial charge in [-0.15, -0.1) is 0 Å².